The predicted octanol–water partition coefficient (Wildman–Crippen LogP) is 4.68. The van der Waals surface area contributed by atoms with Crippen LogP contribution >= 0.6 is 11.6 Å². The number of likely N-dealkylation sites (tertiary alicyclic amines) is 1. The molecule has 2 N–H and O–H groups in total. The fraction of sp³-hybridized carbons (Fsp3) is 0.364. The third-order valence-electron chi connectivity index (χ3n) is 5.54. The van der Waals surface area contributed by atoms with Gasteiger partial charge in [-0.25, -0.2) is 4.98 Å². The average Bonchev–Trinajstić information content (AvgIpc) is 3.07. The van der Waals surface area contributed by atoms with Crippen molar-refractivity contribution in [1.82, 2.24) is 14.9 Å². The number of amides is 1. The number of fused-ring (bicyclic) bond motifs is 1. The van der Waals surface area contributed by atoms with Gasteiger partial charge in [0.1, 0.15) is 5.82 Å². The lowest BCUT2D eigenvalue weighted by Crippen LogP contribution is -2.38. The molecule has 1 aromatic heterocycles. The molecule has 1 fully saturated rings. The summed E-state index contributed by atoms with van der Waals surface area (Å²) in [5, 5.41) is 3.72. The maximum absolute atomic E-state index is 12.7. The second-order valence-corrected chi connectivity index (χ2v) is 8.06. The van der Waals surface area contributed by atoms with Gasteiger partial charge >= 0.3 is 0 Å². The van der Waals surface area contributed by atoms with Crippen LogP contribution in [0.15, 0.2) is 36.4 Å². The molecule has 1 aliphatic heterocycles. The predicted molar refractivity (Wildman–Crippen MR) is 114 cm³/mol. The molecule has 1 saturated heterocycles. The summed E-state index contributed by atoms with van der Waals surface area (Å²) in [5.41, 5.74) is 5.03. The fourth-order valence-electron chi connectivity index (χ4n) is 3.79. The van der Waals surface area contributed by atoms with Crippen LogP contribution < -0.4 is 5.32 Å². The number of aromatic nitrogens is 2. The van der Waals surface area contributed by atoms with E-state index in [0.717, 1.165) is 60.6 Å². The molecule has 1 aliphatic rings. The number of aryl methyl sites for hydroxylation is 1. The Morgan fingerprint density at radius 1 is 1.25 bits per heavy atom. The highest BCUT2D eigenvalue weighted by molar-refractivity contribution is 6.31. The minimum Gasteiger partial charge on any atom is -0.341 e. The maximum atomic E-state index is 12.7. The molecule has 4 rings (SSSR count). The molecular formula is C22H25ClN4O. The average molecular weight is 397 g/mol. The van der Waals surface area contributed by atoms with Gasteiger partial charge in [-0.3, -0.25) is 9.69 Å². The van der Waals surface area contributed by atoms with Gasteiger partial charge in [0.25, 0.3) is 0 Å². The lowest BCUT2D eigenvalue weighted by atomic mass is 9.95. The van der Waals surface area contributed by atoms with Gasteiger partial charge in [0.2, 0.25) is 5.91 Å². The summed E-state index contributed by atoms with van der Waals surface area (Å²) >= 11 is 6.15. The van der Waals surface area contributed by atoms with E-state index in [1.807, 2.05) is 25.1 Å². The van der Waals surface area contributed by atoms with Crippen molar-refractivity contribution in [3.63, 3.8) is 0 Å². The summed E-state index contributed by atoms with van der Waals surface area (Å²) in [6.45, 7) is 6.58. The minimum absolute atomic E-state index is 0.0351. The van der Waals surface area contributed by atoms with Gasteiger partial charge in [-0.1, -0.05) is 23.7 Å². The van der Waals surface area contributed by atoms with E-state index in [9.17, 15) is 4.79 Å². The third kappa shape index (κ3) is 4.05. The monoisotopic (exact) mass is 396 g/mol. The largest absolute Gasteiger partial charge is 0.341 e. The number of anilines is 1. The van der Waals surface area contributed by atoms with Gasteiger partial charge in [-0.15, -0.1) is 0 Å². The molecule has 146 valence electrons. The number of halogens is 1. The standard InChI is InChI=1S/C22H25ClN4O/c1-14-6-7-19-20(12-14)25-21(24-19)13-27-10-8-16(9-11-27)22(28)26-18-5-3-4-17(23)15(18)2/h3-7,12,16H,8-11,13H2,1-2H3,(H,24,25)(H,26,28). The second kappa shape index (κ2) is 7.94. The molecule has 0 saturated carbocycles. The van der Waals surface area contributed by atoms with E-state index in [0.29, 0.717) is 5.02 Å². The first-order valence-corrected chi connectivity index (χ1v) is 10.1. The number of hydrogen-bond donors (Lipinski definition) is 2. The van der Waals surface area contributed by atoms with Crippen molar-refractivity contribution >= 4 is 34.2 Å². The van der Waals surface area contributed by atoms with Crippen LogP contribution in [0.2, 0.25) is 5.02 Å². The number of aromatic amines is 1. The van der Waals surface area contributed by atoms with Gasteiger partial charge < -0.3 is 10.3 Å². The van der Waals surface area contributed by atoms with Crippen LogP contribution in [0.4, 0.5) is 5.69 Å². The number of hydrogen-bond acceptors (Lipinski definition) is 3. The Hall–Kier alpha value is -2.37. The van der Waals surface area contributed by atoms with Crippen molar-refractivity contribution < 1.29 is 4.79 Å². The Balaban J connectivity index is 1.33. The highest BCUT2D eigenvalue weighted by Crippen LogP contribution is 2.26. The van der Waals surface area contributed by atoms with Gasteiger partial charge in [0.05, 0.1) is 17.6 Å². The molecule has 0 bridgehead atoms. The highest BCUT2D eigenvalue weighted by atomic mass is 35.5. The first kappa shape index (κ1) is 19.0. The summed E-state index contributed by atoms with van der Waals surface area (Å²) in [4.78, 5) is 23.1. The Labute approximate surface area is 170 Å². The number of nitrogens with one attached hydrogen (secondary N) is 2. The first-order chi connectivity index (χ1) is 13.5. The number of imidazole rings is 1. The van der Waals surface area contributed by atoms with Gasteiger partial charge in [0.15, 0.2) is 0 Å². The number of carbonyl (C=O) groups excluding carboxylic acids is 1. The Bertz CT molecular complexity index is 1000. The van der Waals surface area contributed by atoms with E-state index < -0.39 is 0 Å². The van der Waals surface area contributed by atoms with Crippen molar-refractivity contribution in [3.05, 3.63) is 58.4 Å². The van der Waals surface area contributed by atoms with Crippen LogP contribution in [0.1, 0.15) is 29.8 Å². The molecule has 0 atom stereocenters. The molecule has 0 radical (unpaired) electrons. The Morgan fingerprint density at radius 3 is 2.82 bits per heavy atom. The Morgan fingerprint density at radius 2 is 2.04 bits per heavy atom. The number of carbonyl (C=O) groups is 1. The van der Waals surface area contributed by atoms with Crippen molar-refractivity contribution in [2.24, 2.45) is 5.92 Å². The zero-order valence-electron chi connectivity index (χ0n) is 16.3. The topological polar surface area (TPSA) is 61.0 Å². The van der Waals surface area contributed by atoms with E-state index in [-0.39, 0.29) is 11.8 Å². The molecule has 2 heterocycles. The molecular weight excluding hydrogens is 372 g/mol. The molecule has 3 aromatic rings. The summed E-state index contributed by atoms with van der Waals surface area (Å²) in [6.07, 6.45) is 1.70. The summed E-state index contributed by atoms with van der Waals surface area (Å²) < 4.78 is 0. The second-order valence-electron chi connectivity index (χ2n) is 7.66. The van der Waals surface area contributed by atoms with Crippen LogP contribution in [0.5, 0.6) is 0 Å². The van der Waals surface area contributed by atoms with E-state index in [4.69, 9.17) is 11.6 Å². The van der Waals surface area contributed by atoms with Gasteiger partial charge in [-0.05, 0) is 75.2 Å². The fourth-order valence-corrected chi connectivity index (χ4v) is 3.97. The van der Waals surface area contributed by atoms with E-state index >= 15 is 0 Å². The molecule has 5 nitrogen and oxygen atoms in total. The van der Waals surface area contributed by atoms with Crippen molar-refractivity contribution in [2.75, 3.05) is 18.4 Å². The minimum atomic E-state index is 0.0351. The molecule has 0 aliphatic carbocycles. The van der Waals surface area contributed by atoms with Crippen molar-refractivity contribution in [1.29, 1.82) is 0 Å². The van der Waals surface area contributed by atoms with Crippen LogP contribution in [-0.2, 0) is 11.3 Å². The molecule has 1 amide bonds. The number of nitrogens with zero attached hydrogens (tertiary/aromatic N) is 2. The zero-order valence-corrected chi connectivity index (χ0v) is 17.0. The molecule has 28 heavy (non-hydrogen) atoms. The highest BCUT2D eigenvalue weighted by Gasteiger charge is 2.26. The lowest BCUT2D eigenvalue weighted by Gasteiger charge is -2.30. The molecule has 2 aromatic carbocycles. The maximum Gasteiger partial charge on any atom is 0.227 e. The third-order valence-corrected chi connectivity index (χ3v) is 5.95. The first-order valence-electron chi connectivity index (χ1n) is 9.73. The Kier molecular flexibility index (Phi) is 5.38. The molecule has 6 heteroatoms. The quantitative estimate of drug-likeness (QED) is 0.672. The van der Waals surface area contributed by atoms with Crippen LogP contribution in [-0.4, -0.2) is 33.9 Å². The zero-order chi connectivity index (χ0) is 19.7. The van der Waals surface area contributed by atoms with E-state index in [2.05, 4.69) is 45.3 Å². The summed E-state index contributed by atoms with van der Waals surface area (Å²) in [6, 6.07) is 11.9. The van der Waals surface area contributed by atoms with E-state index in [1.165, 1.54) is 5.56 Å². The summed E-state index contributed by atoms with van der Waals surface area (Å²) in [7, 11) is 0. The van der Waals surface area contributed by atoms with Crippen molar-refractivity contribution in [2.45, 2.75) is 33.2 Å². The number of piperidine rings is 1. The van der Waals surface area contributed by atoms with E-state index in [1.54, 1.807) is 0 Å². The van der Waals surface area contributed by atoms with Crippen LogP contribution in [0.25, 0.3) is 11.0 Å². The SMILES string of the molecule is Cc1ccc2nc(CN3CCC(C(=O)Nc4cccc(Cl)c4C)CC3)[nH]c2c1. The normalized spacial score (nSPS) is 15.8. The lowest BCUT2D eigenvalue weighted by molar-refractivity contribution is -0.121. The number of H-pyrrole nitrogens is 1. The molecule has 0 unspecified atom stereocenters. The van der Waals surface area contributed by atoms with Gasteiger partial charge in [-0.2, -0.15) is 0 Å². The van der Waals surface area contributed by atoms with Crippen LogP contribution in [0.3, 0.4) is 0 Å². The number of rotatable bonds is 4. The molecule has 0 spiro atoms. The summed E-state index contributed by atoms with van der Waals surface area (Å²) in [5.74, 6) is 1.11. The van der Waals surface area contributed by atoms with Crippen molar-refractivity contribution in [3.8, 4) is 0 Å². The smallest absolute Gasteiger partial charge is 0.227 e. The number of benzene rings is 2. The van der Waals surface area contributed by atoms with Crippen LogP contribution in [0, 0.1) is 19.8 Å². The van der Waals surface area contributed by atoms with Gasteiger partial charge in [0, 0.05) is 16.6 Å².